The van der Waals surface area contributed by atoms with Gasteiger partial charge in [0.1, 0.15) is 11.6 Å². The predicted octanol–water partition coefficient (Wildman–Crippen LogP) is 3.90. The van der Waals surface area contributed by atoms with Gasteiger partial charge in [0.15, 0.2) is 12.4 Å². The average molecular weight is 399 g/mol. The SMILES string of the molecule is CN(C)C(=O)COc1ccc2nc(-c3cccnc3)nc(Nc3ccccc3)c2c1. The molecule has 7 heteroatoms. The first-order valence-corrected chi connectivity index (χ1v) is 9.47. The van der Waals surface area contributed by atoms with Crippen LogP contribution in [0.5, 0.6) is 5.75 Å². The zero-order valence-electron chi connectivity index (χ0n) is 16.7. The van der Waals surface area contributed by atoms with Crippen LogP contribution in [-0.2, 0) is 4.79 Å². The molecule has 0 unspecified atom stereocenters. The lowest BCUT2D eigenvalue weighted by atomic mass is 10.2. The molecule has 0 saturated carbocycles. The molecule has 1 N–H and O–H groups in total. The lowest BCUT2D eigenvalue weighted by Crippen LogP contribution is -2.27. The van der Waals surface area contributed by atoms with Gasteiger partial charge in [-0.2, -0.15) is 0 Å². The Hall–Kier alpha value is -4.00. The summed E-state index contributed by atoms with van der Waals surface area (Å²) in [6.45, 7) is -0.0332. The van der Waals surface area contributed by atoms with Crippen molar-refractivity contribution in [1.29, 1.82) is 0 Å². The molecule has 0 aliphatic carbocycles. The zero-order valence-corrected chi connectivity index (χ0v) is 16.7. The molecule has 0 atom stereocenters. The maximum atomic E-state index is 11.8. The van der Waals surface area contributed by atoms with E-state index in [-0.39, 0.29) is 12.5 Å². The highest BCUT2D eigenvalue weighted by Crippen LogP contribution is 2.30. The normalized spacial score (nSPS) is 10.6. The molecule has 4 aromatic rings. The molecule has 30 heavy (non-hydrogen) atoms. The predicted molar refractivity (Wildman–Crippen MR) is 117 cm³/mol. The van der Waals surface area contributed by atoms with Gasteiger partial charge in [0, 0.05) is 43.1 Å². The van der Waals surface area contributed by atoms with Gasteiger partial charge in [0.05, 0.1) is 5.52 Å². The Labute approximate surface area is 174 Å². The first-order chi connectivity index (χ1) is 14.6. The molecule has 0 radical (unpaired) electrons. The monoisotopic (exact) mass is 399 g/mol. The zero-order chi connectivity index (χ0) is 20.9. The largest absolute Gasteiger partial charge is 0.484 e. The van der Waals surface area contributed by atoms with E-state index in [4.69, 9.17) is 14.7 Å². The maximum absolute atomic E-state index is 11.8. The lowest BCUT2D eigenvalue weighted by molar-refractivity contribution is -0.130. The highest BCUT2D eigenvalue weighted by Gasteiger charge is 2.12. The molecule has 2 aromatic carbocycles. The fraction of sp³-hybridized carbons (Fsp3) is 0.130. The molecular formula is C23H21N5O2. The molecule has 0 spiro atoms. The molecule has 0 aliphatic rings. The number of ether oxygens (including phenoxy) is 1. The highest BCUT2D eigenvalue weighted by molar-refractivity contribution is 5.93. The van der Waals surface area contributed by atoms with E-state index in [0.29, 0.717) is 17.4 Å². The molecule has 0 aliphatic heterocycles. The number of amides is 1. The smallest absolute Gasteiger partial charge is 0.259 e. The summed E-state index contributed by atoms with van der Waals surface area (Å²) in [5, 5.41) is 4.16. The number of carbonyl (C=O) groups is 1. The van der Waals surface area contributed by atoms with E-state index >= 15 is 0 Å². The van der Waals surface area contributed by atoms with Crippen molar-refractivity contribution in [2.45, 2.75) is 0 Å². The number of hydrogen-bond donors (Lipinski definition) is 1. The van der Waals surface area contributed by atoms with Crippen molar-refractivity contribution in [2.75, 3.05) is 26.0 Å². The van der Waals surface area contributed by atoms with Gasteiger partial charge < -0.3 is 15.0 Å². The van der Waals surface area contributed by atoms with Crippen LogP contribution in [-0.4, -0.2) is 46.5 Å². The van der Waals surface area contributed by atoms with Crippen molar-refractivity contribution in [1.82, 2.24) is 19.9 Å². The van der Waals surface area contributed by atoms with Gasteiger partial charge in [-0.05, 0) is 42.5 Å². The van der Waals surface area contributed by atoms with E-state index in [0.717, 1.165) is 22.2 Å². The topological polar surface area (TPSA) is 80.2 Å². The van der Waals surface area contributed by atoms with Crippen LogP contribution in [0.1, 0.15) is 0 Å². The van der Waals surface area contributed by atoms with Crippen molar-refractivity contribution in [3.05, 3.63) is 73.1 Å². The summed E-state index contributed by atoms with van der Waals surface area (Å²) < 4.78 is 5.67. The number of rotatable bonds is 6. The number of nitrogens with zero attached hydrogens (tertiary/aromatic N) is 4. The van der Waals surface area contributed by atoms with Crippen molar-refractivity contribution >= 4 is 28.3 Å². The number of nitrogens with one attached hydrogen (secondary N) is 1. The standard InChI is InChI=1S/C23H21N5O2/c1-28(2)21(29)15-30-18-10-11-20-19(13-18)23(25-17-8-4-3-5-9-17)27-22(26-20)16-7-6-12-24-14-16/h3-14H,15H2,1-2H3,(H,25,26,27). The second kappa shape index (κ2) is 8.57. The van der Waals surface area contributed by atoms with E-state index in [1.165, 1.54) is 4.90 Å². The number of likely N-dealkylation sites (N-methyl/N-ethyl adjacent to an activating group) is 1. The van der Waals surface area contributed by atoms with Crippen molar-refractivity contribution in [3.63, 3.8) is 0 Å². The Bertz CT molecular complexity index is 1160. The van der Waals surface area contributed by atoms with Crippen LogP contribution in [0.4, 0.5) is 11.5 Å². The molecular weight excluding hydrogens is 378 g/mol. The quantitative estimate of drug-likeness (QED) is 0.530. The second-order valence-electron chi connectivity index (χ2n) is 6.88. The Balaban J connectivity index is 1.75. The molecule has 150 valence electrons. The van der Waals surface area contributed by atoms with Crippen LogP contribution < -0.4 is 10.1 Å². The number of fused-ring (bicyclic) bond motifs is 1. The van der Waals surface area contributed by atoms with E-state index in [1.807, 2.05) is 54.6 Å². The summed E-state index contributed by atoms with van der Waals surface area (Å²) in [6.07, 6.45) is 3.45. The first-order valence-electron chi connectivity index (χ1n) is 9.47. The van der Waals surface area contributed by atoms with Crippen LogP contribution >= 0.6 is 0 Å². The third-order valence-corrected chi connectivity index (χ3v) is 4.48. The number of carbonyl (C=O) groups excluding carboxylic acids is 1. The minimum atomic E-state index is -0.110. The number of aromatic nitrogens is 3. The number of anilines is 2. The van der Waals surface area contributed by atoms with Crippen molar-refractivity contribution in [3.8, 4) is 17.1 Å². The second-order valence-corrected chi connectivity index (χ2v) is 6.88. The molecule has 4 rings (SSSR count). The van der Waals surface area contributed by atoms with Gasteiger partial charge in [0.25, 0.3) is 5.91 Å². The van der Waals surface area contributed by atoms with Crippen LogP contribution in [0, 0.1) is 0 Å². The maximum Gasteiger partial charge on any atom is 0.259 e. The summed E-state index contributed by atoms with van der Waals surface area (Å²) in [6, 6.07) is 19.1. The van der Waals surface area contributed by atoms with Gasteiger partial charge in [-0.15, -0.1) is 0 Å². The summed E-state index contributed by atoms with van der Waals surface area (Å²) in [4.78, 5) is 26.9. The van der Waals surface area contributed by atoms with E-state index in [2.05, 4.69) is 10.3 Å². The van der Waals surface area contributed by atoms with Gasteiger partial charge in [-0.25, -0.2) is 9.97 Å². The Morgan fingerprint density at radius 1 is 1.03 bits per heavy atom. The number of benzene rings is 2. The molecule has 7 nitrogen and oxygen atoms in total. The van der Waals surface area contributed by atoms with Crippen LogP contribution in [0.2, 0.25) is 0 Å². The van der Waals surface area contributed by atoms with Gasteiger partial charge >= 0.3 is 0 Å². The molecule has 0 saturated heterocycles. The van der Waals surface area contributed by atoms with E-state index in [9.17, 15) is 4.79 Å². The average Bonchev–Trinajstić information content (AvgIpc) is 2.78. The third-order valence-electron chi connectivity index (χ3n) is 4.48. The van der Waals surface area contributed by atoms with Gasteiger partial charge in [0.2, 0.25) is 0 Å². The van der Waals surface area contributed by atoms with Crippen molar-refractivity contribution in [2.24, 2.45) is 0 Å². The summed E-state index contributed by atoms with van der Waals surface area (Å²) >= 11 is 0. The molecule has 2 heterocycles. The summed E-state index contributed by atoms with van der Waals surface area (Å²) in [5.74, 6) is 1.69. The summed E-state index contributed by atoms with van der Waals surface area (Å²) in [5.41, 5.74) is 2.49. The fourth-order valence-corrected chi connectivity index (χ4v) is 2.85. The molecule has 2 aromatic heterocycles. The van der Waals surface area contributed by atoms with Crippen LogP contribution in [0.25, 0.3) is 22.3 Å². The lowest BCUT2D eigenvalue weighted by Gasteiger charge is -2.14. The minimum absolute atomic E-state index is 0.0332. The minimum Gasteiger partial charge on any atom is -0.484 e. The first kappa shape index (κ1) is 19.3. The Morgan fingerprint density at radius 2 is 1.87 bits per heavy atom. The third kappa shape index (κ3) is 4.35. The van der Waals surface area contributed by atoms with Crippen molar-refractivity contribution < 1.29 is 9.53 Å². The van der Waals surface area contributed by atoms with Gasteiger partial charge in [-0.3, -0.25) is 9.78 Å². The number of hydrogen-bond acceptors (Lipinski definition) is 6. The number of pyridine rings is 1. The fourth-order valence-electron chi connectivity index (χ4n) is 2.85. The summed E-state index contributed by atoms with van der Waals surface area (Å²) in [7, 11) is 3.39. The molecule has 0 fully saturated rings. The molecule has 1 amide bonds. The Kier molecular flexibility index (Phi) is 5.52. The molecule has 0 bridgehead atoms. The van der Waals surface area contributed by atoms with E-state index < -0.39 is 0 Å². The Morgan fingerprint density at radius 3 is 2.60 bits per heavy atom. The van der Waals surface area contributed by atoms with Crippen LogP contribution in [0.3, 0.4) is 0 Å². The van der Waals surface area contributed by atoms with E-state index in [1.54, 1.807) is 32.6 Å². The van der Waals surface area contributed by atoms with Gasteiger partial charge in [-0.1, -0.05) is 18.2 Å². The van der Waals surface area contributed by atoms with Crippen LogP contribution in [0.15, 0.2) is 73.1 Å². The highest BCUT2D eigenvalue weighted by atomic mass is 16.5. The number of para-hydroxylation sites is 1.